The zero-order valence-corrected chi connectivity index (χ0v) is 27.2. The van der Waals surface area contributed by atoms with Crippen LogP contribution in [0.15, 0.2) is 77.3 Å². The van der Waals surface area contributed by atoms with E-state index < -0.39 is 48.6 Å². The highest BCUT2D eigenvalue weighted by molar-refractivity contribution is 6.30. The molecule has 14 heteroatoms. The lowest BCUT2D eigenvalue weighted by Crippen LogP contribution is -2.48. The number of nitrogens with one attached hydrogen (secondary N) is 1. The molecule has 5 rings (SSSR count). The summed E-state index contributed by atoms with van der Waals surface area (Å²) in [6, 6.07) is 17.9. The monoisotopic (exact) mass is 697 g/mol. The number of aliphatic hydroxyl groups is 1. The molecule has 1 fully saturated rings. The first kappa shape index (κ1) is 35.5. The molecular weight excluding hydrogens is 664 g/mol. The van der Waals surface area contributed by atoms with Gasteiger partial charge in [-0.2, -0.15) is 0 Å². The Morgan fingerprint density at radius 2 is 1.69 bits per heavy atom. The SMILES string of the molecule is CC(OC(=O)OC1CCCCC1)OC(=O)C(O)CN(Cc1ccc(-c2cc(Cl)ccc2F)cc1)NC(=O)c1cc(-c2ccccc2F)no1. The van der Waals surface area contributed by atoms with Crippen molar-refractivity contribution in [1.82, 2.24) is 15.6 Å². The maximum atomic E-state index is 14.4. The third kappa shape index (κ3) is 9.84. The van der Waals surface area contributed by atoms with Gasteiger partial charge in [-0.05, 0) is 67.1 Å². The summed E-state index contributed by atoms with van der Waals surface area (Å²) in [6.07, 6.45) is -0.0398. The van der Waals surface area contributed by atoms with Crippen LogP contribution < -0.4 is 5.43 Å². The minimum absolute atomic E-state index is 0.0531. The molecule has 0 radical (unpaired) electrons. The molecule has 0 saturated heterocycles. The summed E-state index contributed by atoms with van der Waals surface area (Å²) in [7, 11) is 0. The van der Waals surface area contributed by atoms with Gasteiger partial charge in [-0.25, -0.2) is 23.4 Å². The van der Waals surface area contributed by atoms with Crippen LogP contribution in [0.3, 0.4) is 0 Å². The number of rotatable bonds is 12. The molecule has 0 spiro atoms. The van der Waals surface area contributed by atoms with Gasteiger partial charge < -0.3 is 23.8 Å². The highest BCUT2D eigenvalue weighted by Crippen LogP contribution is 2.27. The Kier molecular flexibility index (Phi) is 11.9. The van der Waals surface area contributed by atoms with Gasteiger partial charge in [0.05, 0.1) is 6.54 Å². The normalized spacial score (nSPS) is 14.6. The second-order valence-corrected chi connectivity index (χ2v) is 11.9. The molecule has 0 bridgehead atoms. The molecule has 2 N–H and O–H groups in total. The molecule has 2 unspecified atom stereocenters. The molecule has 11 nitrogen and oxygen atoms in total. The Morgan fingerprint density at radius 1 is 0.980 bits per heavy atom. The van der Waals surface area contributed by atoms with Crippen LogP contribution in [0.1, 0.15) is 55.1 Å². The largest absolute Gasteiger partial charge is 0.511 e. The molecule has 2 atom stereocenters. The summed E-state index contributed by atoms with van der Waals surface area (Å²) in [5, 5.41) is 16.1. The fraction of sp³-hybridized carbons (Fsp3) is 0.314. The van der Waals surface area contributed by atoms with E-state index in [1.807, 2.05) is 0 Å². The second kappa shape index (κ2) is 16.5. The predicted molar refractivity (Wildman–Crippen MR) is 173 cm³/mol. The lowest BCUT2D eigenvalue weighted by molar-refractivity contribution is -0.179. The summed E-state index contributed by atoms with van der Waals surface area (Å²) in [6.45, 7) is 0.763. The molecule has 1 heterocycles. The third-order valence-corrected chi connectivity index (χ3v) is 7.97. The number of benzene rings is 3. The molecule has 1 amide bonds. The van der Waals surface area contributed by atoms with Crippen LogP contribution in [-0.2, 0) is 25.5 Å². The molecule has 1 aliphatic rings. The number of halogens is 3. The number of aliphatic hydroxyl groups excluding tert-OH is 1. The minimum Gasteiger partial charge on any atom is -0.431 e. The smallest absolute Gasteiger partial charge is 0.431 e. The Labute approximate surface area is 285 Å². The number of amides is 1. The van der Waals surface area contributed by atoms with Gasteiger partial charge in [-0.1, -0.05) is 59.6 Å². The lowest BCUT2D eigenvalue weighted by Gasteiger charge is -2.25. The number of hydrogen-bond donors (Lipinski definition) is 2. The molecule has 1 aromatic heterocycles. The maximum Gasteiger partial charge on any atom is 0.511 e. The van der Waals surface area contributed by atoms with Crippen molar-refractivity contribution in [3.63, 3.8) is 0 Å². The van der Waals surface area contributed by atoms with Crippen molar-refractivity contribution in [2.45, 2.75) is 64.1 Å². The molecular formula is C35H34ClF2N3O8. The number of aromatic nitrogens is 1. The fourth-order valence-corrected chi connectivity index (χ4v) is 5.46. The molecule has 49 heavy (non-hydrogen) atoms. The van der Waals surface area contributed by atoms with Crippen LogP contribution in [0.5, 0.6) is 0 Å². The molecule has 1 saturated carbocycles. The third-order valence-electron chi connectivity index (χ3n) is 7.73. The van der Waals surface area contributed by atoms with Gasteiger partial charge >= 0.3 is 18.0 Å². The minimum atomic E-state index is -1.82. The van der Waals surface area contributed by atoms with Gasteiger partial charge in [0.2, 0.25) is 12.1 Å². The average Bonchev–Trinajstić information content (AvgIpc) is 3.57. The van der Waals surface area contributed by atoms with Crippen LogP contribution in [-0.4, -0.2) is 58.3 Å². The van der Waals surface area contributed by atoms with Crippen LogP contribution >= 0.6 is 11.6 Å². The first-order valence-corrected chi connectivity index (χ1v) is 16.0. The summed E-state index contributed by atoms with van der Waals surface area (Å²) in [4.78, 5) is 38.1. The number of nitrogens with zero attached hydrogens (tertiary/aromatic N) is 2. The van der Waals surface area contributed by atoms with Crippen LogP contribution in [0.2, 0.25) is 5.02 Å². The van der Waals surface area contributed by atoms with Crippen molar-refractivity contribution in [1.29, 1.82) is 0 Å². The number of hydrazine groups is 1. The van der Waals surface area contributed by atoms with Gasteiger partial charge in [0.15, 0.2) is 6.10 Å². The Morgan fingerprint density at radius 3 is 2.43 bits per heavy atom. The van der Waals surface area contributed by atoms with E-state index >= 15 is 0 Å². The van der Waals surface area contributed by atoms with Gasteiger partial charge in [-0.15, -0.1) is 0 Å². The van der Waals surface area contributed by atoms with Gasteiger partial charge in [0.25, 0.3) is 0 Å². The van der Waals surface area contributed by atoms with Crippen LogP contribution in [0, 0.1) is 11.6 Å². The predicted octanol–water partition coefficient (Wildman–Crippen LogP) is 6.82. The van der Waals surface area contributed by atoms with Crippen molar-refractivity contribution in [2.75, 3.05) is 6.54 Å². The molecule has 0 aliphatic heterocycles. The Hall–Kier alpha value is -4.85. The van der Waals surface area contributed by atoms with Crippen molar-refractivity contribution >= 4 is 29.6 Å². The van der Waals surface area contributed by atoms with Crippen molar-refractivity contribution in [2.24, 2.45) is 0 Å². The van der Waals surface area contributed by atoms with Crippen molar-refractivity contribution in [3.05, 3.63) is 101 Å². The second-order valence-electron chi connectivity index (χ2n) is 11.5. The van der Waals surface area contributed by atoms with E-state index in [4.69, 9.17) is 30.3 Å². The van der Waals surface area contributed by atoms with Gasteiger partial charge in [0.1, 0.15) is 23.4 Å². The molecule has 4 aromatic rings. The first-order chi connectivity index (χ1) is 23.5. The number of ether oxygens (including phenoxy) is 3. The van der Waals surface area contributed by atoms with E-state index in [9.17, 15) is 28.3 Å². The molecule has 1 aliphatic carbocycles. The van der Waals surface area contributed by atoms with E-state index in [2.05, 4.69) is 10.6 Å². The Balaban J connectivity index is 1.26. The van der Waals surface area contributed by atoms with E-state index in [-0.39, 0.29) is 35.2 Å². The Bertz CT molecular complexity index is 1760. The van der Waals surface area contributed by atoms with Gasteiger partial charge in [-0.3, -0.25) is 10.2 Å². The number of hydrogen-bond acceptors (Lipinski definition) is 10. The van der Waals surface area contributed by atoms with Crippen LogP contribution in [0.25, 0.3) is 22.4 Å². The van der Waals surface area contributed by atoms with E-state index in [0.29, 0.717) is 16.1 Å². The molecule has 3 aromatic carbocycles. The summed E-state index contributed by atoms with van der Waals surface area (Å²) in [5.41, 5.74) is 4.19. The summed E-state index contributed by atoms with van der Waals surface area (Å²) >= 11 is 6.04. The summed E-state index contributed by atoms with van der Waals surface area (Å²) in [5.74, 6) is -3.24. The topological polar surface area (TPSA) is 140 Å². The number of carbonyl (C=O) groups is 3. The number of esters is 1. The zero-order chi connectivity index (χ0) is 34.9. The highest BCUT2D eigenvalue weighted by atomic mass is 35.5. The highest BCUT2D eigenvalue weighted by Gasteiger charge is 2.27. The first-order valence-electron chi connectivity index (χ1n) is 15.6. The standard InChI is InChI=1S/C35H34ClF2N3O8/c1-21(47-35(45)48-25-7-3-2-4-8-25)46-34(44)31(42)20-41(19-22-11-13-23(14-12-22)27-17-24(36)15-16-29(27)38)39-33(43)32-18-30(40-49-32)26-9-5-6-10-28(26)37/h5-6,9-18,21,25,31,42H,2-4,7-8,19-20H2,1H3,(H,39,43). The fourth-order valence-electron chi connectivity index (χ4n) is 5.29. The number of carbonyl (C=O) groups excluding carboxylic acids is 3. The van der Waals surface area contributed by atoms with E-state index in [0.717, 1.165) is 32.1 Å². The zero-order valence-electron chi connectivity index (χ0n) is 26.4. The van der Waals surface area contributed by atoms with Crippen LogP contribution in [0.4, 0.5) is 13.6 Å². The van der Waals surface area contributed by atoms with Gasteiger partial charge in [0, 0.05) is 35.7 Å². The molecule has 258 valence electrons. The van der Waals surface area contributed by atoms with Crippen molar-refractivity contribution < 1.29 is 47.0 Å². The average molecular weight is 698 g/mol. The maximum absolute atomic E-state index is 14.4. The quantitative estimate of drug-likeness (QED) is 0.0920. The van der Waals surface area contributed by atoms with E-state index in [1.165, 1.54) is 54.4 Å². The van der Waals surface area contributed by atoms with Crippen molar-refractivity contribution in [3.8, 4) is 22.4 Å². The summed E-state index contributed by atoms with van der Waals surface area (Å²) < 4.78 is 49.3. The van der Waals surface area contributed by atoms with E-state index in [1.54, 1.807) is 30.3 Å². The lowest BCUT2D eigenvalue weighted by atomic mass is 9.98.